The Labute approximate surface area is 136 Å². The number of rotatable bonds is 4. The minimum Gasteiger partial charge on any atom is -0.462 e. The topological polar surface area (TPSA) is 81.7 Å². The zero-order valence-electron chi connectivity index (χ0n) is 14.0. The molecular weight excluding hydrogens is 298 g/mol. The summed E-state index contributed by atoms with van der Waals surface area (Å²) in [6.45, 7) is 10.7. The quantitative estimate of drug-likeness (QED) is 0.636. The molecule has 1 aliphatic rings. The lowest BCUT2D eigenvalue weighted by atomic mass is 10.0. The van der Waals surface area contributed by atoms with Gasteiger partial charge < -0.3 is 9.47 Å². The molecule has 0 saturated carbocycles. The van der Waals surface area contributed by atoms with E-state index in [1.165, 1.54) is 6.08 Å². The zero-order valence-corrected chi connectivity index (χ0v) is 14.0. The molecule has 0 heterocycles. The summed E-state index contributed by atoms with van der Waals surface area (Å²) in [5.41, 5.74) is -0.375. The first-order valence-corrected chi connectivity index (χ1v) is 7.46. The van der Waals surface area contributed by atoms with Crippen molar-refractivity contribution in [1.82, 2.24) is 5.32 Å². The summed E-state index contributed by atoms with van der Waals surface area (Å²) in [7, 11) is 0. The number of ether oxygens (including phenoxy) is 2. The van der Waals surface area contributed by atoms with Crippen LogP contribution in [0, 0.1) is 0 Å². The molecule has 23 heavy (non-hydrogen) atoms. The first-order valence-electron chi connectivity index (χ1n) is 7.46. The van der Waals surface area contributed by atoms with Crippen LogP contribution in [-0.4, -0.2) is 30.1 Å². The van der Waals surface area contributed by atoms with Crippen LogP contribution in [0.4, 0.5) is 4.79 Å². The fraction of sp³-hybridized carbons (Fsp3) is 0.471. The molecule has 1 amide bonds. The number of carbonyl (C=O) groups is 3. The maximum Gasteiger partial charge on any atom is 0.411 e. The minimum atomic E-state index is -0.686. The Morgan fingerprint density at radius 2 is 2.00 bits per heavy atom. The van der Waals surface area contributed by atoms with Crippen LogP contribution in [-0.2, 0) is 19.1 Å². The van der Waals surface area contributed by atoms with Crippen molar-refractivity contribution in [3.05, 3.63) is 35.6 Å². The summed E-state index contributed by atoms with van der Waals surface area (Å²) in [6, 6.07) is 0. The Balaban J connectivity index is 3.10. The van der Waals surface area contributed by atoms with Crippen LogP contribution >= 0.6 is 0 Å². The molecule has 0 aromatic heterocycles. The van der Waals surface area contributed by atoms with E-state index in [4.69, 9.17) is 9.47 Å². The van der Waals surface area contributed by atoms with Gasteiger partial charge in [0, 0.05) is 5.70 Å². The molecule has 126 valence electrons. The Morgan fingerprint density at radius 1 is 1.35 bits per heavy atom. The Kier molecular flexibility index (Phi) is 6.30. The predicted octanol–water partition coefficient (Wildman–Crippen LogP) is 2.80. The van der Waals surface area contributed by atoms with Gasteiger partial charge in [-0.2, -0.15) is 0 Å². The second kappa shape index (κ2) is 7.76. The molecule has 0 atom stereocenters. The van der Waals surface area contributed by atoms with Gasteiger partial charge in [-0.05, 0) is 46.6 Å². The smallest absolute Gasteiger partial charge is 0.411 e. The van der Waals surface area contributed by atoms with Gasteiger partial charge >= 0.3 is 12.1 Å². The second-order valence-electron chi connectivity index (χ2n) is 5.98. The molecule has 0 aliphatic heterocycles. The SMILES string of the molecule is C=C(C(=O)OCC)C1=C(NC(=O)OC(C)(C)C)CCC=CC1=O. The van der Waals surface area contributed by atoms with E-state index in [0.29, 0.717) is 18.5 Å². The third-order valence-electron chi connectivity index (χ3n) is 2.85. The molecule has 0 unspecified atom stereocenters. The van der Waals surface area contributed by atoms with Crippen molar-refractivity contribution in [3.8, 4) is 0 Å². The summed E-state index contributed by atoms with van der Waals surface area (Å²) < 4.78 is 10.1. The molecule has 1 N–H and O–H groups in total. The lowest BCUT2D eigenvalue weighted by Crippen LogP contribution is -2.33. The van der Waals surface area contributed by atoms with Gasteiger partial charge in [0.15, 0.2) is 5.78 Å². The Bertz CT molecular complexity index is 578. The van der Waals surface area contributed by atoms with Crippen LogP contribution in [0.1, 0.15) is 40.5 Å². The van der Waals surface area contributed by atoms with E-state index < -0.39 is 23.4 Å². The van der Waals surface area contributed by atoms with Crippen LogP contribution in [0.15, 0.2) is 35.6 Å². The van der Waals surface area contributed by atoms with Crippen molar-refractivity contribution in [1.29, 1.82) is 0 Å². The van der Waals surface area contributed by atoms with Crippen LogP contribution in [0.2, 0.25) is 0 Å². The predicted molar refractivity (Wildman–Crippen MR) is 85.5 cm³/mol. The zero-order chi connectivity index (χ0) is 17.6. The van der Waals surface area contributed by atoms with Crippen LogP contribution in [0.25, 0.3) is 0 Å². The molecule has 0 fully saturated rings. The average molecular weight is 321 g/mol. The molecule has 0 bridgehead atoms. The molecule has 1 rings (SSSR count). The molecule has 0 aromatic rings. The number of carbonyl (C=O) groups excluding carboxylic acids is 3. The molecule has 6 heteroatoms. The third-order valence-corrected chi connectivity index (χ3v) is 2.85. The van der Waals surface area contributed by atoms with Crippen LogP contribution < -0.4 is 5.32 Å². The maximum atomic E-state index is 12.2. The van der Waals surface area contributed by atoms with Gasteiger partial charge in [0.25, 0.3) is 0 Å². The number of hydrogen-bond donors (Lipinski definition) is 1. The van der Waals surface area contributed by atoms with Crippen molar-refractivity contribution in [3.63, 3.8) is 0 Å². The average Bonchev–Trinajstić information content (AvgIpc) is 2.58. The van der Waals surface area contributed by atoms with E-state index in [1.807, 2.05) is 0 Å². The Morgan fingerprint density at radius 3 is 2.57 bits per heavy atom. The van der Waals surface area contributed by atoms with Gasteiger partial charge in [-0.15, -0.1) is 0 Å². The van der Waals surface area contributed by atoms with Crippen molar-refractivity contribution in [2.75, 3.05) is 6.61 Å². The highest BCUT2D eigenvalue weighted by Gasteiger charge is 2.26. The third kappa shape index (κ3) is 5.73. The second-order valence-corrected chi connectivity index (χ2v) is 5.98. The minimum absolute atomic E-state index is 0.0584. The highest BCUT2D eigenvalue weighted by molar-refractivity contribution is 6.15. The summed E-state index contributed by atoms with van der Waals surface area (Å²) >= 11 is 0. The van der Waals surface area contributed by atoms with Gasteiger partial charge in [-0.1, -0.05) is 12.7 Å². The molecule has 0 radical (unpaired) electrons. The number of hydrogen-bond acceptors (Lipinski definition) is 5. The van der Waals surface area contributed by atoms with Crippen LogP contribution in [0.5, 0.6) is 0 Å². The van der Waals surface area contributed by atoms with Crippen molar-refractivity contribution in [2.24, 2.45) is 0 Å². The molecular formula is C17H23NO5. The lowest BCUT2D eigenvalue weighted by Gasteiger charge is -2.21. The van der Waals surface area contributed by atoms with E-state index in [1.54, 1.807) is 33.8 Å². The number of alkyl carbamates (subject to hydrolysis) is 1. The van der Waals surface area contributed by atoms with Crippen LogP contribution in [0.3, 0.4) is 0 Å². The number of esters is 1. The maximum absolute atomic E-state index is 12.2. The largest absolute Gasteiger partial charge is 0.462 e. The van der Waals surface area contributed by atoms with E-state index in [0.717, 1.165) is 0 Å². The Hall–Kier alpha value is -2.37. The summed E-state index contributed by atoms with van der Waals surface area (Å²) in [5, 5.41) is 2.56. The van der Waals surface area contributed by atoms with E-state index >= 15 is 0 Å². The molecule has 0 spiro atoms. The number of nitrogens with one attached hydrogen (secondary N) is 1. The fourth-order valence-electron chi connectivity index (χ4n) is 1.98. The van der Waals surface area contributed by atoms with Crippen molar-refractivity contribution < 1.29 is 23.9 Å². The van der Waals surface area contributed by atoms with E-state index in [9.17, 15) is 14.4 Å². The monoisotopic (exact) mass is 321 g/mol. The highest BCUT2D eigenvalue weighted by Crippen LogP contribution is 2.22. The molecule has 0 aromatic carbocycles. The van der Waals surface area contributed by atoms with Crippen molar-refractivity contribution >= 4 is 17.8 Å². The van der Waals surface area contributed by atoms with E-state index in [2.05, 4.69) is 11.9 Å². The first kappa shape index (κ1) is 18.7. The first-order chi connectivity index (χ1) is 10.7. The standard InChI is InChI=1S/C17H23NO5/c1-6-22-15(20)11(2)14-12(9-7-8-10-13(14)19)18-16(21)23-17(3,4)5/h8,10H,2,6-7,9H2,1,3-5H3,(H,18,21). The number of allylic oxidation sites excluding steroid dienone is 3. The summed E-state index contributed by atoms with van der Waals surface area (Å²) in [5.74, 6) is -1.08. The highest BCUT2D eigenvalue weighted by atomic mass is 16.6. The molecule has 1 aliphatic carbocycles. The van der Waals surface area contributed by atoms with Crippen molar-refractivity contribution in [2.45, 2.75) is 46.1 Å². The lowest BCUT2D eigenvalue weighted by molar-refractivity contribution is -0.138. The summed E-state index contributed by atoms with van der Waals surface area (Å²) in [4.78, 5) is 36.1. The van der Waals surface area contributed by atoms with Gasteiger partial charge in [0.1, 0.15) is 5.60 Å². The van der Waals surface area contributed by atoms with Gasteiger partial charge in [-0.25, -0.2) is 9.59 Å². The van der Waals surface area contributed by atoms with Gasteiger partial charge in [0.05, 0.1) is 17.8 Å². The number of amides is 1. The van der Waals surface area contributed by atoms with Gasteiger partial charge in [-0.3, -0.25) is 10.1 Å². The number of ketones is 1. The fourth-order valence-corrected chi connectivity index (χ4v) is 1.98. The van der Waals surface area contributed by atoms with Gasteiger partial charge in [0.2, 0.25) is 0 Å². The van der Waals surface area contributed by atoms with E-state index in [-0.39, 0.29) is 17.8 Å². The normalized spacial score (nSPS) is 15.0. The molecule has 0 saturated heterocycles. The summed E-state index contributed by atoms with van der Waals surface area (Å²) in [6.07, 6.45) is 3.30. The molecule has 6 nitrogen and oxygen atoms in total.